The van der Waals surface area contributed by atoms with Crippen LogP contribution < -0.4 is 5.32 Å². The topological polar surface area (TPSA) is 101 Å². The first-order chi connectivity index (χ1) is 16.4. The molecule has 0 saturated heterocycles. The van der Waals surface area contributed by atoms with E-state index in [2.05, 4.69) is 26.2 Å². The van der Waals surface area contributed by atoms with Crippen LogP contribution in [0.5, 0.6) is 0 Å². The van der Waals surface area contributed by atoms with Crippen LogP contribution in [-0.2, 0) is 14.3 Å². The Morgan fingerprint density at radius 2 is 1.91 bits per heavy atom. The number of hydrogen-bond acceptors (Lipinski definition) is 7. The number of aliphatic imine (C=N–C) groups is 1. The highest BCUT2D eigenvalue weighted by Crippen LogP contribution is 3.11. The number of nitrogens with one attached hydrogen (secondary N) is 1. The highest BCUT2D eigenvalue weighted by Gasteiger charge is 3.12. The van der Waals surface area contributed by atoms with E-state index < -0.39 is 29.2 Å². The van der Waals surface area contributed by atoms with Crippen LogP contribution in [0.15, 0.2) is 50.5 Å². The van der Waals surface area contributed by atoms with Gasteiger partial charge in [-0.05, 0) is 53.2 Å². The van der Waals surface area contributed by atoms with Crippen molar-refractivity contribution in [1.82, 2.24) is 10.3 Å². The third-order valence-corrected chi connectivity index (χ3v) is 11.2. The number of thiazole rings is 1. The summed E-state index contributed by atoms with van der Waals surface area (Å²) < 4.78 is 19.6. The van der Waals surface area contributed by atoms with E-state index in [1.807, 2.05) is 5.38 Å². The number of esters is 1. The Labute approximate surface area is 205 Å². The number of nitrogens with zero attached hydrogens (tertiary/aromatic N) is 2. The van der Waals surface area contributed by atoms with Crippen LogP contribution in [-0.4, -0.2) is 35.0 Å². The second-order valence-corrected chi connectivity index (χ2v) is 11.9. The van der Waals surface area contributed by atoms with E-state index >= 15 is 0 Å². The number of ether oxygens (including phenoxy) is 1. The molecule has 34 heavy (non-hydrogen) atoms. The fourth-order valence-electron chi connectivity index (χ4n) is 9.07. The second kappa shape index (κ2) is 5.79. The minimum atomic E-state index is -0.702. The number of amidine groups is 1. The van der Waals surface area contributed by atoms with Gasteiger partial charge in [0.2, 0.25) is 0 Å². The summed E-state index contributed by atoms with van der Waals surface area (Å²) in [4.78, 5) is 34.6. The Morgan fingerprint density at radius 3 is 2.47 bits per heavy atom. The molecule has 0 amide bonds. The molecule has 6 fully saturated rings. The number of methoxy groups -OCH3 is 1. The standard InChI is InChI=1S/C24H17BrFN3O4S/c1-33-21(30)10-17(8-3-2-7(26)6-9(8)25)28-19(20-27-4-5-34-20)29-18(10)23-11-14-12(23)16-13(23)15(11)24(14,16)22(31)32/h2-6,11-17H,1H3,(H,28,29)(H,31,32). The summed E-state index contributed by atoms with van der Waals surface area (Å²) in [6.07, 6.45) is 1.70. The first-order valence-corrected chi connectivity index (χ1v) is 12.8. The number of carbonyl (C=O) groups excluding carboxylic acids is 1. The van der Waals surface area contributed by atoms with Crippen LogP contribution in [0.1, 0.15) is 16.6 Å². The van der Waals surface area contributed by atoms with Crippen molar-refractivity contribution in [3.8, 4) is 0 Å². The molecule has 0 radical (unpaired) electrons. The van der Waals surface area contributed by atoms with Gasteiger partial charge in [0.15, 0.2) is 10.8 Å². The van der Waals surface area contributed by atoms with Crippen molar-refractivity contribution >= 4 is 45.0 Å². The van der Waals surface area contributed by atoms with E-state index in [1.165, 1.54) is 30.6 Å². The largest absolute Gasteiger partial charge is 0.481 e. The monoisotopic (exact) mass is 541 g/mol. The molecule has 1 aliphatic heterocycles. The van der Waals surface area contributed by atoms with Crippen molar-refractivity contribution in [2.75, 3.05) is 7.11 Å². The molecule has 172 valence electrons. The van der Waals surface area contributed by atoms with Gasteiger partial charge in [-0.25, -0.2) is 14.2 Å². The molecule has 1 atom stereocenters. The molecule has 2 aromatic rings. The SMILES string of the molecule is COC(=O)C1=C(C23C4C5C2C2C3C4C52C(=O)O)NC(c2nccs2)=NC1c1ccc(F)cc1Br. The molecule has 1 aromatic heterocycles. The lowest BCUT2D eigenvalue weighted by Crippen LogP contribution is -3.11. The van der Waals surface area contributed by atoms with Crippen molar-refractivity contribution in [1.29, 1.82) is 0 Å². The third-order valence-electron chi connectivity index (χ3n) is 9.78. The van der Waals surface area contributed by atoms with Crippen molar-refractivity contribution in [2.45, 2.75) is 6.04 Å². The van der Waals surface area contributed by atoms with Crippen LogP contribution in [0, 0.1) is 52.2 Å². The van der Waals surface area contributed by atoms with E-state index in [0.29, 0.717) is 26.5 Å². The lowest BCUT2D eigenvalue weighted by Gasteiger charge is -3.10. The maximum atomic E-state index is 13.9. The highest BCUT2D eigenvalue weighted by molar-refractivity contribution is 9.10. The zero-order valence-electron chi connectivity index (χ0n) is 17.7. The molecular weight excluding hydrogens is 525 g/mol. The van der Waals surface area contributed by atoms with Crippen molar-refractivity contribution < 1.29 is 23.8 Å². The number of carboxylic acids is 1. The fourth-order valence-corrected chi connectivity index (χ4v) is 10.2. The fraction of sp³-hybridized carbons (Fsp3) is 0.417. The average molecular weight is 542 g/mol. The molecule has 10 heteroatoms. The molecule has 2 N–H and O–H groups in total. The van der Waals surface area contributed by atoms with Crippen LogP contribution in [0.25, 0.3) is 0 Å². The molecular formula is C24H17BrFN3O4S. The summed E-state index contributed by atoms with van der Waals surface area (Å²) >= 11 is 4.90. The number of aromatic nitrogens is 1. The Kier molecular flexibility index (Phi) is 3.35. The minimum absolute atomic E-state index is 0.205. The van der Waals surface area contributed by atoms with E-state index in [9.17, 15) is 19.1 Å². The maximum Gasteiger partial charge on any atom is 0.338 e. The molecule has 1 unspecified atom stereocenters. The summed E-state index contributed by atoms with van der Waals surface area (Å²) in [5, 5.41) is 15.9. The van der Waals surface area contributed by atoms with Crippen LogP contribution in [0.3, 0.4) is 0 Å². The summed E-state index contributed by atoms with van der Waals surface area (Å²) in [5.41, 5.74) is 1.17. The van der Waals surface area contributed by atoms with Crippen molar-refractivity contribution in [3.05, 3.63) is 61.9 Å². The highest BCUT2D eigenvalue weighted by atomic mass is 79.9. The predicted molar refractivity (Wildman–Crippen MR) is 121 cm³/mol. The minimum Gasteiger partial charge on any atom is -0.481 e. The Morgan fingerprint density at radius 1 is 1.21 bits per heavy atom. The lowest BCUT2D eigenvalue weighted by atomic mass is 8.92. The summed E-state index contributed by atoms with van der Waals surface area (Å²) in [7, 11) is 1.35. The van der Waals surface area contributed by atoms with Gasteiger partial charge >= 0.3 is 11.9 Å². The van der Waals surface area contributed by atoms with Gasteiger partial charge in [0.25, 0.3) is 0 Å². The van der Waals surface area contributed by atoms with Gasteiger partial charge in [0, 0.05) is 27.2 Å². The predicted octanol–water partition coefficient (Wildman–Crippen LogP) is 3.39. The molecule has 9 rings (SSSR count). The van der Waals surface area contributed by atoms with Gasteiger partial charge in [0.1, 0.15) is 11.9 Å². The average Bonchev–Trinajstić information content (AvgIpc) is 3.37. The van der Waals surface area contributed by atoms with E-state index in [1.54, 1.807) is 12.3 Å². The third kappa shape index (κ3) is 1.66. The van der Waals surface area contributed by atoms with Gasteiger partial charge in [0.05, 0.1) is 18.1 Å². The van der Waals surface area contributed by atoms with Gasteiger partial charge in [-0.2, -0.15) is 0 Å². The maximum absolute atomic E-state index is 13.9. The van der Waals surface area contributed by atoms with Crippen LogP contribution in [0.2, 0.25) is 0 Å². The van der Waals surface area contributed by atoms with E-state index in [-0.39, 0.29) is 40.9 Å². The van der Waals surface area contributed by atoms with Gasteiger partial charge in [-0.1, -0.05) is 22.0 Å². The normalized spacial score (nSPS) is 43.1. The van der Waals surface area contributed by atoms with Crippen molar-refractivity contribution in [2.24, 2.45) is 51.3 Å². The number of carbonyl (C=O) groups is 2. The number of allylic oxidation sites excluding steroid dienone is 1. The number of halogens is 2. The van der Waals surface area contributed by atoms with Gasteiger partial charge in [-0.3, -0.25) is 9.79 Å². The number of hydrogen-bond donors (Lipinski definition) is 2. The van der Waals surface area contributed by atoms with E-state index in [0.717, 1.165) is 5.70 Å². The van der Waals surface area contributed by atoms with Gasteiger partial charge < -0.3 is 15.2 Å². The van der Waals surface area contributed by atoms with E-state index in [4.69, 9.17) is 9.73 Å². The number of aliphatic carboxylic acids is 1. The molecule has 1 aromatic carbocycles. The van der Waals surface area contributed by atoms with Crippen molar-refractivity contribution in [3.63, 3.8) is 0 Å². The van der Waals surface area contributed by atoms with Gasteiger partial charge in [-0.15, -0.1) is 11.3 Å². The first-order valence-electron chi connectivity index (χ1n) is 11.2. The van der Waals surface area contributed by atoms with Crippen LogP contribution >= 0.6 is 27.3 Å². The summed E-state index contributed by atoms with van der Waals surface area (Å²) in [6, 6.07) is 3.66. The molecule has 7 aliphatic rings. The second-order valence-electron chi connectivity index (χ2n) is 10.1. The summed E-state index contributed by atoms with van der Waals surface area (Å²) in [6.45, 7) is 0. The zero-order chi connectivity index (χ0) is 23.3. The molecule has 0 spiro atoms. The molecule has 2 heterocycles. The Bertz CT molecular complexity index is 1370. The zero-order valence-corrected chi connectivity index (χ0v) is 20.1. The number of carboxylic acid groups (broad SMARTS) is 1. The summed E-state index contributed by atoms with van der Waals surface area (Å²) in [5.74, 6) is 0.493. The number of rotatable bonds is 5. The molecule has 6 saturated carbocycles. The molecule has 6 aliphatic carbocycles. The number of benzene rings is 1. The van der Waals surface area contributed by atoms with Crippen LogP contribution in [0.4, 0.5) is 4.39 Å². The smallest absolute Gasteiger partial charge is 0.338 e. The first kappa shape index (κ1) is 19.7. The molecule has 7 nitrogen and oxygen atoms in total. The Hall–Kier alpha value is -2.59. The Balaban J connectivity index is 1.30. The molecule has 0 bridgehead atoms. The lowest BCUT2D eigenvalue weighted by molar-refractivity contribution is -0.633. The quantitative estimate of drug-likeness (QED) is 0.562.